The van der Waals surface area contributed by atoms with E-state index in [0.717, 1.165) is 43.2 Å². The molecular weight excluding hydrogens is 352 g/mol. The highest BCUT2D eigenvalue weighted by Gasteiger charge is 2.35. The molecule has 0 N–H and O–H groups in total. The molecule has 2 aliphatic rings. The maximum atomic E-state index is 14.7. The molecule has 0 radical (unpaired) electrons. The van der Waals surface area contributed by atoms with Crippen molar-refractivity contribution >= 4 is 0 Å². The lowest BCUT2D eigenvalue weighted by atomic mass is 9.64. The zero-order valence-electron chi connectivity index (χ0n) is 15.5. The molecule has 2 aromatic rings. The normalized spacial score (nSPS) is 28.0. The molecule has 0 aliphatic heterocycles. The van der Waals surface area contributed by atoms with Crippen molar-refractivity contribution < 1.29 is 17.6 Å². The van der Waals surface area contributed by atoms with E-state index < -0.39 is 23.3 Å². The topological polar surface area (TPSA) is 0 Å². The molecule has 4 rings (SSSR count). The lowest BCUT2D eigenvalue weighted by molar-refractivity contribution is 0.124. The number of hydrogen-bond donors (Lipinski definition) is 0. The van der Waals surface area contributed by atoms with E-state index in [2.05, 4.69) is 6.92 Å². The Kier molecular flexibility index (Phi) is 5.00. The average molecular weight is 376 g/mol. The molecule has 0 nitrogen and oxygen atoms in total. The third-order valence-corrected chi connectivity index (χ3v) is 6.62. The second kappa shape index (κ2) is 7.29. The molecule has 27 heavy (non-hydrogen) atoms. The third kappa shape index (κ3) is 3.63. The van der Waals surface area contributed by atoms with E-state index in [1.54, 1.807) is 0 Å². The minimum Gasteiger partial charge on any atom is -0.206 e. The van der Waals surface area contributed by atoms with E-state index in [4.69, 9.17) is 0 Å². The number of benzene rings is 2. The fraction of sp³-hybridized carbons (Fsp3) is 0.478. The third-order valence-electron chi connectivity index (χ3n) is 6.62. The zero-order chi connectivity index (χ0) is 19.1. The van der Waals surface area contributed by atoms with E-state index in [1.165, 1.54) is 37.5 Å². The second-order valence-corrected chi connectivity index (χ2v) is 8.44. The van der Waals surface area contributed by atoms with Gasteiger partial charge in [0, 0.05) is 0 Å². The van der Waals surface area contributed by atoms with Gasteiger partial charge in [0.1, 0.15) is 11.6 Å². The average Bonchev–Trinajstić information content (AvgIpc) is 2.63. The van der Waals surface area contributed by atoms with Gasteiger partial charge in [0.15, 0.2) is 11.6 Å². The van der Waals surface area contributed by atoms with Gasteiger partial charge in [0.05, 0.1) is 5.56 Å². The van der Waals surface area contributed by atoms with E-state index in [0.29, 0.717) is 11.5 Å². The first-order chi connectivity index (χ1) is 12.9. The number of halogens is 4. The van der Waals surface area contributed by atoms with Gasteiger partial charge in [0.2, 0.25) is 0 Å². The minimum absolute atomic E-state index is 0.0143. The standard InChI is InChI=1S/C23H24F4/c1-13-2-3-15-9-16(5-4-14(15)8-13)18-11-21(26)23(22(27)12-18)17-6-7-19(24)20(25)10-17/h6-7,10-16H,2-5,8-9H2,1H3/t13?,14-,15-,16-/m1/s1. The molecule has 2 aromatic carbocycles. The molecular formula is C23H24F4. The Bertz CT molecular complexity index is 821. The SMILES string of the molecule is CC1CC[C@@H]2C[C@H](c3cc(F)c(-c4ccc(F)c(F)c4)c(F)c3)CC[C@@H]2C1. The maximum absolute atomic E-state index is 14.7. The van der Waals surface area contributed by atoms with Gasteiger partial charge < -0.3 is 0 Å². The molecule has 0 spiro atoms. The predicted molar refractivity (Wildman–Crippen MR) is 98.3 cm³/mol. The molecule has 0 aromatic heterocycles. The fourth-order valence-corrected chi connectivity index (χ4v) is 5.18. The van der Waals surface area contributed by atoms with Crippen LogP contribution in [0.1, 0.15) is 56.9 Å². The van der Waals surface area contributed by atoms with Crippen LogP contribution in [0.25, 0.3) is 11.1 Å². The summed E-state index contributed by atoms with van der Waals surface area (Å²) in [6, 6.07) is 5.70. The summed E-state index contributed by atoms with van der Waals surface area (Å²) in [6.07, 6.45) is 6.78. The van der Waals surface area contributed by atoms with Crippen molar-refractivity contribution in [1.29, 1.82) is 0 Å². The van der Waals surface area contributed by atoms with Crippen molar-refractivity contribution in [3.05, 3.63) is 59.2 Å². The van der Waals surface area contributed by atoms with Crippen molar-refractivity contribution in [2.24, 2.45) is 17.8 Å². The van der Waals surface area contributed by atoms with Gasteiger partial charge in [-0.1, -0.05) is 19.4 Å². The first-order valence-electron chi connectivity index (χ1n) is 9.86. The molecule has 0 heterocycles. The number of hydrogen-bond acceptors (Lipinski definition) is 0. The van der Waals surface area contributed by atoms with Crippen LogP contribution in [-0.2, 0) is 0 Å². The molecule has 2 fully saturated rings. The first kappa shape index (κ1) is 18.5. The van der Waals surface area contributed by atoms with Crippen LogP contribution in [0.4, 0.5) is 17.6 Å². The molecule has 2 saturated carbocycles. The molecule has 144 valence electrons. The van der Waals surface area contributed by atoms with Crippen molar-refractivity contribution in [1.82, 2.24) is 0 Å². The fourth-order valence-electron chi connectivity index (χ4n) is 5.18. The number of rotatable bonds is 2. The number of fused-ring (bicyclic) bond motifs is 1. The first-order valence-corrected chi connectivity index (χ1v) is 9.86. The van der Waals surface area contributed by atoms with Crippen LogP contribution in [0.2, 0.25) is 0 Å². The van der Waals surface area contributed by atoms with Crippen LogP contribution in [-0.4, -0.2) is 0 Å². The van der Waals surface area contributed by atoms with Crippen LogP contribution in [0, 0.1) is 41.0 Å². The van der Waals surface area contributed by atoms with Crippen molar-refractivity contribution in [2.45, 2.75) is 51.4 Å². The van der Waals surface area contributed by atoms with Crippen molar-refractivity contribution in [2.75, 3.05) is 0 Å². The molecule has 0 amide bonds. The zero-order valence-corrected chi connectivity index (χ0v) is 15.5. The van der Waals surface area contributed by atoms with Gasteiger partial charge >= 0.3 is 0 Å². The highest BCUT2D eigenvalue weighted by molar-refractivity contribution is 5.65. The lowest BCUT2D eigenvalue weighted by Crippen LogP contribution is -2.29. The highest BCUT2D eigenvalue weighted by Crippen LogP contribution is 2.48. The van der Waals surface area contributed by atoms with Crippen molar-refractivity contribution in [3.8, 4) is 11.1 Å². The van der Waals surface area contributed by atoms with E-state index in [9.17, 15) is 17.6 Å². The highest BCUT2D eigenvalue weighted by atomic mass is 19.2. The van der Waals surface area contributed by atoms with Gasteiger partial charge in [0.25, 0.3) is 0 Å². The summed E-state index contributed by atoms with van der Waals surface area (Å²) in [4.78, 5) is 0. The Morgan fingerprint density at radius 3 is 2.07 bits per heavy atom. The van der Waals surface area contributed by atoms with Gasteiger partial charge in [-0.2, -0.15) is 0 Å². The van der Waals surface area contributed by atoms with Crippen LogP contribution in [0.5, 0.6) is 0 Å². The van der Waals surface area contributed by atoms with Crippen LogP contribution < -0.4 is 0 Å². The van der Waals surface area contributed by atoms with Gasteiger partial charge in [-0.3, -0.25) is 0 Å². The summed E-state index contributed by atoms with van der Waals surface area (Å²) >= 11 is 0. The van der Waals surface area contributed by atoms with Crippen LogP contribution in [0.3, 0.4) is 0 Å². The summed E-state index contributed by atoms with van der Waals surface area (Å²) in [7, 11) is 0. The Morgan fingerprint density at radius 2 is 1.37 bits per heavy atom. The second-order valence-electron chi connectivity index (χ2n) is 8.44. The Hall–Kier alpha value is -1.84. The summed E-state index contributed by atoms with van der Waals surface area (Å²) < 4.78 is 56.0. The largest absolute Gasteiger partial charge is 0.206 e. The van der Waals surface area contributed by atoms with Crippen LogP contribution in [0.15, 0.2) is 30.3 Å². The Labute approximate surface area is 157 Å². The molecule has 0 saturated heterocycles. The van der Waals surface area contributed by atoms with E-state index in [1.807, 2.05) is 0 Å². The summed E-state index contributed by atoms with van der Waals surface area (Å²) in [6.45, 7) is 2.31. The van der Waals surface area contributed by atoms with Gasteiger partial charge in [-0.25, -0.2) is 17.6 Å². The molecule has 4 atom stereocenters. The van der Waals surface area contributed by atoms with Crippen molar-refractivity contribution in [3.63, 3.8) is 0 Å². The summed E-state index contributed by atoms with van der Waals surface area (Å²) in [5.41, 5.74) is 0.409. The minimum atomic E-state index is -1.11. The maximum Gasteiger partial charge on any atom is 0.159 e. The quantitative estimate of drug-likeness (QED) is 0.485. The van der Waals surface area contributed by atoms with E-state index >= 15 is 0 Å². The van der Waals surface area contributed by atoms with Gasteiger partial charge in [-0.15, -0.1) is 0 Å². The molecule has 1 unspecified atom stereocenters. The molecule has 2 aliphatic carbocycles. The summed E-state index contributed by atoms with van der Waals surface area (Å²) in [5, 5.41) is 0. The predicted octanol–water partition coefficient (Wildman–Crippen LogP) is 7.23. The van der Waals surface area contributed by atoms with Gasteiger partial charge in [-0.05, 0) is 91.2 Å². The Morgan fingerprint density at radius 1 is 0.704 bits per heavy atom. The van der Waals surface area contributed by atoms with E-state index in [-0.39, 0.29) is 17.0 Å². The molecule has 4 heteroatoms. The summed E-state index contributed by atoms with van der Waals surface area (Å²) in [5.74, 6) is -1.21. The van der Waals surface area contributed by atoms with Crippen LogP contribution >= 0.6 is 0 Å². The Balaban J connectivity index is 1.59. The molecule has 0 bridgehead atoms. The smallest absolute Gasteiger partial charge is 0.159 e. The lowest BCUT2D eigenvalue weighted by Gasteiger charge is -2.41. The monoisotopic (exact) mass is 376 g/mol.